The Morgan fingerprint density at radius 3 is 2.73 bits per heavy atom. The predicted molar refractivity (Wildman–Crippen MR) is 85.6 cm³/mol. The van der Waals surface area contributed by atoms with Crippen molar-refractivity contribution < 1.29 is 4.79 Å². The maximum Gasteiger partial charge on any atom is 0.273 e. The van der Waals surface area contributed by atoms with Gasteiger partial charge < -0.3 is 5.32 Å². The molecule has 0 saturated heterocycles. The smallest absolute Gasteiger partial charge is 0.273 e. The van der Waals surface area contributed by atoms with Gasteiger partial charge in [0.05, 0.1) is 5.69 Å². The van der Waals surface area contributed by atoms with Crippen LogP contribution in [0, 0.1) is 0 Å². The topological polar surface area (TPSA) is 70.7 Å². The van der Waals surface area contributed by atoms with E-state index in [0.717, 1.165) is 28.9 Å². The second-order valence-electron chi connectivity index (χ2n) is 4.87. The first-order chi connectivity index (χ1) is 10.8. The Bertz CT molecular complexity index is 780. The first kappa shape index (κ1) is 14.0. The Hall–Kier alpha value is -2.95. The van der Waals surface area contributed by atoms with E-state index in [9.17, 15) is 4.79 Å². The standard InChI is InChI=1S/C17H16N4O/c1-2-12-5-3-4-6-14(12)19-17(22)16-11-15(20-21-16)13-7-9-18-10-8-13/h3-11H,2H2,1H3,(H,19,22)(H,20,21). The van der Waals surface area contributed by atoms with Crippen LogP contribution >= 0.6 is 0 Å². The lowest BCUT2D eigenvalue weighted by molar-refractivity contribution is 0.102. The molecule has 5 nitrogen and oxygen atoms in total. The second-order valence-corrected chi connectivity index (χ2v) is 4.87. The monoisotopic (exact) mass is 292 g/mol. The number of hydrogen-bond donors (Lipinski definition) is 2. The summed E-state index contributed by atoms with van der Waals surface area (Å²) in [4.78, 5) is 16.3. The molecular formula is C17H16N4O. The maximum absolute atomic E-state index is 12.3. The minimum atomic E-state index is -0.200. The van der Waals surface area contributed by atoms with E-state index in [1.807, 2.05) is 36.4 Å². The molecule has 0 aliphatic rings. The summed E-state index contributed by atoms with van der Waals surface area (Å²) in [6.45, 7) is 2.06. The molecule has 0 unspecified atom stereocenters. The van der Waals surface area contributed by atoms with Crippen molar-refractivity contribution in [3.8, 4) is 11.3 Å². The van der Waals surface area contributed by atoms with Crippen molar-refractivity contribution in [1.29, 1.82) is 0 Å². The van der Waals surface area contributed by atoms with Gasteiger partial charge in [-0.25, -0.2) is 0 Å². The van der Waals surface area contributed by atoms with Gasteiger partial charge in [0.25, 0.3) is 5.91 Å². The van der Waals surface area contributed by atoms with Crippen molar-refractivity contribution >= 4 is 11.6 Å². The van der Waals surface area contributed by atoms with E-state index in [4.69, 9.17) is 0 Å². The van der Waals surface area contributed by atoms with Crippen LogP contribution in [0.15, 0.2) is 54.9 Å². The van der Waals surface area contributed by atoms with Gasteiger partial charge in [0.2, 0.25) is 0 Å². The zero-order valence-electron chi connectivity index (χ0n) is 12.2. The number of nitrogens with zero attached hydrogens (tertiary/aromatic N) is 2. The van der Waals surface area contributed by atoms with Crippen LogP contribution in [0.1, 0.15) is 23.0 Å². The summed E-state index contributed by atoms with van der Waals surface area (Å²) < 4.78 is 0. The summed E-state index contributed by atoms with van der Waals surface area (Å²) >= 11 is 0. The molecule has 5 heteroatoms. The molecule has 1 aromatic carbocycles. The van der Waals surface area contributed by atoms with Crippen molar-refractivity contribution in [2.24, 2.45) is 0 Å². The number of para-hydroxylation sites is 1. The first-order valence-corrected chi connectivity index (χ1v) is 7.13. The largest absolute Gasteiger partial charge is 0.320 e. The molecule has 2 heterocycles. The minimum Gasteiger partial charge on any atom is -0.320 e. The highest BCUT2D eigenvalue weighted by molar-refractivity contribution is 6.03. The lowest BCUT2D eigenvalue weighted by Crippen LogP contribution is -2.13. The van der Waals surface area contributed by atoms with Crippen LogP contribution in [0.2, 0.25) is 0 Å². The third-order valence-corrected chi connectivity index (χ3v) is 3.45. The number of rotatable bonds is 4. The summed E-state index contributed by atoms with van der Waals surface area (Å²) in [5, 5.41) is 9.88. The molecule has 2 N–H and O–H groups in total. The predicted octanol–water partition coefficient (Wildman–Crippen LogP) is 3.29. The zero-order chi connectivity index (χ0) is 15.4. The van der Waals surface area contributed by atoms with E-state index in [2.05, 4.69) is 27.4 Å². The van der Waals surface area contributed by atoms with Gasteiger partial charge in [-0.2, -0.15) is 5.10 Å². The van der Waals surface area contributed by atoms with Gasteiger partial charge in [-0.1, -0.05) is 25.1 Å². The van der Waals surface area contributed by atoms with Crippen molar-refractivity contribution in [3.63, 3.8) is 0 Å². The number of carbonyl (C=O) groups excluding carboxylic acids is 1. The fourth-order valence-electron chi connectivity index (χ4n) is 2.25. The van der Waals surface area contributed by atoms with Crippen LogP contribution in [-0.2, 0) is 6.42 Å². The van der Waals surface area contributed by atoms with E-state index < -0.39 is 0 Å². The van der Waals surface area contributed by atoms with Crippen LogP contribution in [0.3, 0.4) is 0 Å². The average Bonchev–Trinajstić information content (AvgIpc) is 3.06. The molecule has 0 atom stereocenters. The Kier molecular flexibility index (Phi) is 3.96. The fraction of sp³-hybridized carbons (Fsp3) is 0.118. The number of pyridine rings is 1. The normalized spacial score (nSPS) is 10.4. The molecule has 0 fully saturated rings. The van der Waals surface area contributed by atoms with Crippen LogP contribution in [0.5, 0.6) is 0 Å². The third-order valence-electron chi connectivity index (χ3n) is 3.45. The molecule has 1 amide bonds. The summed E-state index contributed by atoms with van der Waals surface area (Å²) in [6.07, 6.45) is 4.25. The van der Waals surface area contributed by atoms with Gasteiger partial charge in [0.15, 0.2) is 0 Å². The third kappa shape index (κ3) is 2.88. The highest BCUT2D eigenvalue weighted by Gasteiger charge is 2.12. The van der Waals surface area contributed by atoms with E-state index in [1.54, 1.807) is 18.5 Å². The molecule has 0 spiro atoms. The molecule has 0 aliphatic heterocycles. The van der Waals surface area contributed by atoms with Gasteiger partial charge in [-0.05, 0) is 36.2 Å². The van der Waals surface area contributed by atoms with E-state index in [1.165, 1.54) is 0 Å². The van der Waals surface area contributed by atoms with E-state index >= 15 is 0 Å². The number of carbonyl (C=O) groups is 1. The molecule has 3 rings (SSSR count). The molecule has 3 aromatic rings. The van der Waals surface area contributed by atoms with Crippen molar-refractivity contribution in [2.45, 2.75) is 13.3 Å². The summed E-state index contributed by atoms with van der Waals surface area (Å²) in [5.41, 5.74) is 3.99. The Morgan fingerprint density at radius 2 is 1.95 bits per heavy atom. The molecule has 0 aliphatic carbocycles. The van der Waals surface area contributed by atoms with Crippen LogP contribution < -0.4 is 5.32 Å². The Balaban J connectivity index is 1.80. The van der Waals surface area contributed by atoms with Gasteiger partial charge in [0.1, 0.15) is 5.69 Å². The van der Waals surface area contributed by atoms with Crippen LogP contribution in [0.25, 0.3) is 11.3 Å². The molecule has 0 saturated carbocycles. The molecule has 0 radical (unpaired) electrons. The number of aryl methyl sites for hydroxylation is 1. The van der Waals surface area contributed by atoms with E-state index in [0.29, 0.717) is 5.69 Å². The highest BCUT2D eigenvalue weighted by Crippen LogP contribution is 2.19. The SMILES string of the molecule is CCc1ccccc1NC(=O)c1cc(-c2ccncc2)n[nH]1. The van der Waals surface area contributed by atoms with Crippen molar-refractivity contribution in [3.05, 3.63) is 66.1 Å². The number of amides is 1. The van der Waals surface area contributed by atoms with Crippen LogP contribution in [0.4, 0.5) is 5.69 Å². The van der Waals surface area contributed by atoms with Gasteiger partial charge >= 0.3 is 0 Å². The lowest BCUT2D eigenvalue weighted by Gasteiger charge is -2.08. The quantitative estimate of drug-likeness (QED) is 0.775. The van der Waals surface area contributed by atoms with E-state index in [-0.39, 0.29) is 5.91 Å². The zero-order valence-corrected chi connectivity index (χ0v) is 12.2. The number of hydrogen-bond acceptors (Lipinski definition) is 3. The number of aromatic amines is 1. The Morgan fingerprint density at radius 1 is 1.18 bits per heavy atom. The van der Waals surface area contributed by atoms with Gasteiger partial charge in [-0.15, -0.1) is 0 Å². The molecule has 22 heavy (non-hydrogen) atoms. The van der Waals surface area contributed by atoms with Crippen LogP contribution in [-0.4, -0.2) is 21.1 Å². The van der Waals surface area contributed by atoms with Gasteiger partial charge in [0, 0.05) is 23.6 Å². The molecule has 2 aromatic heterocycles. The summed E-state index contributed by atoms with van der Waals surface area (Å²) in [5.74, 6) is -0.200. The first-order valence-electron chi connectivity index (χ1n) is 7.13. The number of benzene rings is 1. The Labute approximate surface area is 128 Å². The maximum atomic E-state index is 12.3. The average molecular weight is 292 g/mol. The minimum absolute atomic E-state index is 0.200. The molecule has 110 valence electrons. The van der Waals surface area contributed by atoms with Crippen molar-refractivity contribution in [2.75, 3.05) is 5.32 Å². The fourth-order valence-corrected chi connectivity index (χ4v) is 2.25. The number of nitrogens with one attached hydrogen (secondary N) is 2. The summed E-state index contributed by atoms with van der Waals surface area (Å²) in [7, 11) is 0. The second kappa shape index (κ2) is 6.22. The number of aromatic nitrogens is 3. The lowest BCUT2D eigenvalue weighted by atomic mass is 10.1. The highest BCUT2D eigenvalue weighted by atomic mass is 16.1. The molecular weight excluding hydrogens is 276 g/mol. The van der Waals surface area contributed by atoms with Crippen molar-refractivity contribution in [1.82, 2.24) is 15.2 Å². The molecule has 0 bridgehead atoms. The van der Waals surface area contributed by atoms with Gasteiger partial charge in [-0.3, -0.25) is 14.9 Å². The summed E-state index contributed by atoms with van der Waals surface area (Å²) in [6, 6.07) is 13.2. The number of anilines is 1. The number of H-pyrrole nitrogens is 1.